The lowest BCUT2D eigenvalue weighted by atomic mass is 9.96. The zero-order chi connectivity index (χ0) is 16.7. The Hall–Kier alpha value is -1.21. The van der Waals surface area contributed by atoms with Gasteiger partial charge in [0.05, 0.1) is 11.4 Å². The average Bonchev–Trinajstić information content (AvgIpc) is 2.73. The van der Waals surface area contributed by atoms with Crippen molar-refractivity contribution in [2.45, 2.75) is 58.8 Å². The van der Waals surface area contributed by atoms with Crippen LogP contribution in [0.25, 0.3) is 0 Å². The number of carbonyl (C=O) groups is 1. The number of aromatic nitrogens is 2. The fourth-order valence-corrected chi connectivity index (χ4v) is 4.62. The molecule has 0 amide bonds. The first-order valence-corrected chi connectivity index (χ1v) is 9.12. The molecule has 0 N–H and O–H groups in total. The van der Waals surface area contributed by atoms with Crippen LogP contribution in [0.5, 0.6) is 0 Å². The Balaban J connectivity index is 2.49. The molecule has 0 unspecified atom stereocenters. The quantitative estimate of drug-likeness (QED) is 0.836. The molecule has 2 rings (SSSR count). The molecular weight excluding hydrogens is 302 g/mol. The maximum Gasteiger partial charge on any atom is 0.252 e. The molecule has 1 aliphatic heterocycles. The molecule has 1 aromatic rings. The predicted octanol–water partition coefficient (Wildman–Crippen LogP) is 2.36. The summed E-state index contributed by atoms with van der Waals surface area (Å²) in [6.07, 6.45) is 2.82. The fraction of sp³-hybridized carbons (Fsp3) is 0.733. The Bertz CT molecular complexity index is 678. The molecule has 7 heteroatoms. The van der Waals surface area contributed by atoms with E-state index in [2.05, 4.69) is 5.10 Å². The summed E-state index contributed by atoms with van der Waals surface area (Å²) in [6, 6.07) is 0. The van der Waals surface area contributed by atoms with Gasteiger partial charge in [0, 0.05) is 18.5 Å². The van der Waals surface area contributed by atoms with E-state index in [1.807, 2.05) is 0 Å². The molecule has 6 nitrogen and oxygen atoms in total. The smallest absolute Gasteiger partial charge is 0.252 e. The Morgan fingerprint density at radius 1 is 1.09 bits per heavy atom. The molecule has 0 saturated carbocycles. The third-order valence-corrected chi connectivity index (χ3v) is 6.12. The molecule has 22 heavy (non-hydrogen) atoms. The Kier molecular flexibility index (Phi) is 4.50. The van der Waals surface area contributed by atoms with Crippen molar-refractivity contribution in [1.82, 2.24) is 14.1 Å². The molecular formula is C15H25N3O3S. The summed E-state index contributed by atoms with van der Waals surface area (Å²) in [7, 11) is -3.58. The van der Waals surface area contributed by atoms with Gasteiger partial charge < -0.3 is 0 Å². The highest BCUT2D eigenvalue weighted by atomic mass is 32.2. The van der Waals surface area contributed by atoms with Gasteiger partial charge in [-0.15, -0.1) is 0 Å². The van der Waals surface area contributed by atoms with Gasteiger partial charge in [0.2, 0.25) is 10.0 Å². The van der Waals surface area contributed by atoms with Gasteiger partial charge in [-0.2, -0.15) is 9.40 Å². The summed E-state index contributed by atoms with van der Waals surface area (Å²) in [5.74, 6) is -0.201. The second-order valence-corrected chi connectivity index (χ2v) is 8.81. The van der Waals surface area contributed by atoms with Gasteiger partial charge in [-0.25, -0.2) is 13.1 Å². The molecule has 1 fully saturated rings. The second-order valence-electron chi connectivity index (χ2n) is 6.93. The van der Waals surface area contributed by atoms with Gasteiger partial charge in [0.1, 0.15) is 4.90 Å². The Labute approximate surface area is 132 Å². The molecule has 0 bridgehead atoms. The van der Waals surface area contributed by atoms with Crippen LogP contribution in [0.15, 0.2) is 4.90 Å². The van der Waals surface area contributed by atoms with Crippen LogP contribution in [0.3, 0.4) is 0 Å². The molecule has 1 aromatic heterocycles. The molecule has 1 saturated heterocycles. The number of carbonyl (C=O) groups excluding carboxylic acids is 1. The number of nitrogens with zero attached hydrogens (tertiary/aromatic N) is 3. The standard InChI is InChI=1S/C15H25N3O3S/c1-11-13(22(20,21)17-9-7-6-8-10-17)12(2)18(16-11)14(19)15(3,4)5/h6-10H2,1-5H3. The lowest BCUT2D eigenvalue weighted by Crippen LogP contribution is -2.36. The van der Waals surface area contributed by atoms with Crippen LogP contribution in [0.4, 0.5) is 0 Å². The van der Waals surface area contributed by atoms with Gasteiger partial charge in [-0.05, 0) is 26.7 Å². The van der Waals surface area contributed by atoms with Crippen LogP contribution in [0.2, 0.25) is 0 Å². The topological polar surface area (TPSA) is 72.3 Å². The summed E-state index contributed by atoms with van der Waals surface area (Å²) in [6.45, 7) is 9.77. The van der Waals surface area contributed by atoms with E-state index in [-0.39, 0.29) is 10.8 Å². The lowest BCUT2D eigenvalue weighted by Gasteiger charge is -2.26. The van der Waals surface area contributed by atoms with Gasteiger partial charge in [-0.3, -0.25) is 4.79 Å². The molecule has 124 valence electrons. The van der Waals surface area contributed by atoms with Crippen LogP contribution < -0.4 is 0 Å². The van der Waals surface area contributed by atoms with Crippen LogP contribution in [-0.4, -0.2) is 41.5 Å². The van der Waals surface area contributed by atoms with E-state index < -0.39 is 15.4 Å². The van der Waals surface area contributed by atoms with Gasteiger partial charge in [-0.1, -0.05) is 27.2 Å². The minimum atomic E-state index is -3.58. The maximum absolute atomic E-state index is 12.9. The maximum atomic E-state index is 12.9. The second kappa shape index (κ2) is 5.77. The van der Waals surface area contributed by atoms with Crippen LogP contribution in [-0.2, 0) is 10.0 Å². The molecule has 2 heterocycles. The third kappa shape index (κ3) is 2.96. The SMILES string of the molecule is Cc1nn(C(=O)C(C)(C)C)c(C)c1S(=O)(=O)N1CCCCC1. The Morgan fingerprint density at radius 3 is 2.14 bits per heavy atom. The first-order chi connectivity index (χ1) is 10.1. The minimum absolute atomic E-state index is 0.187. The van der Waals surface area contributed by atoms with Crippen LogP contribution in [0, 0.1) is 19.3 Å². The van der Waals surface area contributed by atoms with Crippen LogP contribution in [0.1, 0.15) is 56.2 Å². The molecule has 0 radical (unpaired) electrons. The monoisotopic (exact) mass is 327 g/mol. The highest BCUT2D eigenvalue weighted by Gasteiger charge is 2.34. The van der Waals surface area contributed by atoms with Crippen molar-refractivity contribution in [3.8, 4) is 0 Å². The summed E-state index contributed by atoms with van der Waals surface area (Å²) in [4.78, 5) is 12.6. The summed E-state index contributed by atoms with van der Waals surface area (Å²) in [5.41, 5.74) is 0.179. The van der Waals surface area contributed by atoms with E-state index >= 15 is 0 Å². The molecule has 0 atom stereocenters. The van der Waals surface area contributed by atoms with Gasteiger partial charge in [0.25, 0.3) is 5.91 Å². The molecule has 0 aromatic carbocycles. The molecule has 1 aliphatic rings. The number of aryl methyl sites for hydroxylation is 1. The summed E-state index contributed by atoms with van der Waals surface area (Å²) < 4.78 is 28.5. The normalized spacial score (nSPS) is 17.7. The summed E-state index contributed by atoms with van der Waals surface area (Å²) >= 11 is 0. The number of piperidine rings is 1. The van der Waals surface area contributed by atoms with Crippen molar-refractivity contribution in [3.63, 3.8) is 0 Å². The van der Waals surface area contributed by atoms with E-state index in [0.717, 1.165) is 19.3 Å². The van der Waals surface area contributed by atoms with Crippen LogP contribution >= 0.6 is 0 Å². The molecule has 0 aliphatic carbocycles. The fourth-order valence-electron chi connectivity index (χ4n) is 2.75. The predicted molar refractivity (Wildman–Crippen MR) is 84.4 cm³/mol. The highest BCUT2D eigenvalue weighted by molar-refractivity contribution is 7.89. The Morgan fingerprint density at radius 2 is 1.64 bits per heavy atom. The van der Waals surface area contributed by atoms with E-state index in [1.54, 1.807) is 34.6 Å². The average molecular weight is 327 g/mol. The largest absolute Gasteiger partial charge is 0.272 e. The van der Waals surface area contributed by atoms with Crippen molar-refractivity contribution < 1.29 is 13.2 Å². The molecule has 0 spiro atoms. The number of rotatable bonds is 2. The zero-order valence-electron chi connectivity index (χ0n) is 14.0. The van der Waals surface area contributed by atoms with Crippen molar-refractivity contribution >= 4 is 15.9 Å². The number of sulfonamides is 1. The van der Waals surface area contributed by atoms with E-state index in [9.17, 15) is 13.2 Å². The van der Waals surface area contributed by atoms with Gasteiger partial charge >= 0.3 is 0 Å². The van der Waals surface area contributed by atoms with Gasteiger partial charge in [0.15, 0.2) is 0 Å². The van der Waals surface area contributed by atoms with Crippen molar-refractivity contribution in [3.05, 3.63) is 11.4 Å². The number of hydrogen-bond donors (Lipinski definition) is 0. The van der Waals surface area contributed by atoms with Crippen molar-refractivity contribution in [2.75, 3.05) is 13.1 Å². The third-order valence-electron chi connectivity index (χ3n) is 3.97. The van der Waals surface area contributed by atoms with Crippen molar-refractivity contribution in [2.24, 2.45) is 5.41 Å². The number of hydrogen-bond acceptors (Lipinski definition) is 4. The minimum Gasteiger partial charge on any atom is -0.272 e. The first-order valence-electron chi connectivity index (χ1n) is 7.68. The van der Waals surface area contributed by atoms with E-state index in [4.69, 9.17) is 0 Å². The van der Waals surface area contributed by atoms with E-state index in [1.165, 1.54) is 8.99 Å². The lowest BCUT2D eigenvalue weighted by molar-refractivity contribution is 0.0745. The highest BCUT2D eigenvalue weighted by Crippen LogP contribution is 2.27. The van der Waals surface area contributed by atoms with Crippen molar-refractivity contribution in [1.29, 1.82) is 0 Å². The van der Waals surface area contributed by atoms with E-state index in [0.29, 0.717) is 24.5 Å². The first kappa shape index (κ1) is 17.1. The summed E-state index contributed by atoms with van der Waals surface area (Å²) in [5, 5.41) is 4.20. The zero-order valence-corrected chi connectivity index (χ0v) is 14.8.